The fourth-order valence-corrected chi connectivity index (χ4v) is 5.81. The van der Waals surface area contributed by atoms with Crippen molar-refractivity contribution in [2.75, 3.05) is 25.4 Å². The molecule has 0 amide bonds. The molecule has 5 heteroatoms. The van der Waals surface area contributed by atoms with Crippen LogP contribution in [-0.4, -0.2) is 39.1 Å². The maximum atomic E-state index is 6.45. The molecule has 4 heterocycles. The number of rotatable bonds is 5. The molecule has 2 aromatic carbocycles. The molecule has 2 aliphatic rings. The molecule has 0 atom stereocenters. The molecule has 2 fully saturated rings. The maximum Gasteiger partial charge on any atom is 0.133 e. The van der Waals surface area contributed by atoms with Gasteiger partial charge in [0.25, 0.3) is 0 Å². The molecule has 2 N–H and O–H groups in total. The number of nitrogen functional groups attached to an aromatic ring is 1. The zero-order valence-electron chi connectivity index (χ0n) is 19.8. The Labute approximate surface area is 205 Å². The Kier molecular flexibility index (Phi) is 4.84. The molecule has 1 saturated heterocycles. The number of pyridine rings is 2. The van der Waals surface area contributed by atoms with Gasteiger partial charge >= 0.3 is 0 Å². The summed E-state index contributed by atoms with van der Waals surface area (Å²) in [7, 11) is 0. The zero-order valence-corrected chi connectivity index (χ0v) is 19.8. The largest absolute Gasteiger partial charge is 0.383 e. The Hall–Kier alpha value is -3.70. The molecule has 3 aromatic heterocycles. The molecule has 174 valence electrons. The molecular weight excluding hydrogens is 430 g/mol. The fourth-order valence-electron chi connectivity index (χ4n) is 5.81. The average Bonchev–Trinajstić information content (AvgIpc) is 3.22. The molecule has 0 unspecified atom stereocenters. The van der Waals surface area contributed by atoms with E-state index in [1.165, 1.54) is 44.4 Å². The smallest absolute Gasteiger partial charge is 0.133 e. The lowest BCUT2D eigenvalue weighted by Crippen LogP contribution is -2.43. The lowest BCUT2D eigenvalue weighted by atomic mass is 9.79. The predicted octanol–water partition coefficient (Wildman–Crippen LogP) is 6.16. The van der Waals surface area contributed by atoms with E-state index in [4.69, 9.17) is 10.7 Å². The Morgan fingerprint density at radius 3 is 2.54 bits per heavy atom. The zero-order chi connectivity index (χ0) is 23.4. The lowest BCUT2D eigenvalue weighted by molar-refractivity contribution is 0.0923. The first-order valence-corrected chi connectivity index (χ1v) is 12.7. The van der Waals surface area contributed by atoms with E-state index < -0.39 is 0 Å². The van der Waals surface area contributed by atoms with Crippen LogP contribution in [-0.2, 0) is 0 Å². The van der Waals surface area contributed by atoms with Crippen LogP contribution in [0, 0.1) is 5.92 Å². The van der Waals surface area contributed by atoms with E-state index >= 15 is 0 Å². The highest BCUT2D eigenvalue weighted by Crippen LogP contribution is 2.44. The van der Waals surface area contributed by atoms with Gasteiger partial charge in [0.2, 0.25) is 0 Å². The van der Waals surface area contributed by atoms with Crippen LogP contribution in [0.25, 0.3) is 44.2 Å². The van der Waals surface area contributed by atoms with Gasteiger partial charge in [-0.3, -0.25) is 0 Å². The molecule has 0 radical (unpaired) electrons. The number of likely N-dealkylation sites (tertiary alicyclic amines) is 1. The summed E-state index contributed by atoms with van der Waals surface area (Å²) in [6, 6.07) is 23.8. The molecule has 1 saturated carbocycles. The van der Waals surface area contributed by atoms with Gasteiger partial charge in [-0.25, -0.2) is 9.97 Å². The summed E-state index contributed by atoms with van der Waals surface area (Å²) in [6.07, 6.45) is 7.97. The van der Waals surface area contributed by atoms with E-state index in [1.54, 1.807) is 0 Å². The van der Waals surface area contributed by atoms with Crippen molar-refractivity contribution in [3.63, 3.8) is 0 Å². The minimum absolute atomic E-state index is 0.530. The standard InChI is InChI=1S/C30H29N5/c31-30-29-25(19-35(28(29)11-12-32-30)24-15-20(16-24)18-34-13-4-14-34)23-8-7-22-9-10-26(33-27(22)17-23)21-5-2-1-3-6-21/h1-3,5-12,17,19-20,24H,4,13-16,18H2,(H2,31,32). The van der Waals surface area contributed by atoms with E-state index in [-0.39, 0.29) is 0 Å². The second-order valence-electron chi connectivity index (χ2n) is 10.2. The van der Waals surface area contributed by atoms with Crippen LogP contribution >= 0.6 is 0 Å². The van der Waals surface area contributed by atoms with Crippen molar-refractivity contribution in [2.45, 2.75) is 25.3 Å². The first kappa shape index (κ1) is 20.7. The van der Waals surface area contributed by atoms with Gasteiger partial charge in [0.15, 0.2) is 0 Å². The minimum atomic E-state index is 0.530. The topological polar surface area (TPSA) is 60.0 Å². The van der Waals surface area contributed by atoms with Gasteiger partial charge in [0, 0.05) is 46.9 Å². The van der Waals surface area contributed by atoms with E-state index in [9.17, 15) is 0 Å². The molecule has 5 nitrogen and oxygen atoms in total. The van der Waals surface area contributed by atoms with Gasteiger partial charge in [0.1, 0.15) is 5.82 Å². The third-order valence-electron chi connectivity index (χ3n) is 7.92. The lowest BCUT2D eigenvalue weighted by Gasteiger charge is -2.42. The minimum Gasteiger partial charge on any atom is -0.383 e. The summed E-state index contributed by atoms with van der Waals surface area (Å²) < 4.78 is 2.45. The van der Waals surface area contributed by atoms with Crippen molar-refractivity contribution in [1.29, 1.82) is 0 Å². The number of anilines is 1. The second-order valence-corrected chi connectivity index (χ2v) is 10.2. The van der Waals surface area contributed by atoms with Gasteiger partial charge < -0.3 is 15.2 Å². The number of nitrogens with zero attached hydrogens (tertiary/aromatic N) is 4. The first-order chi connectivity index (χ1) is 17.2. The first-order valence-electron chi connectivity index (χ1n) is 12.7. The highest BCUT2D eigenvalue weighted by atomic mass is 15.2. The normalized spacial score (nSPS) is 20.1. The van der Waals surface area contributed by atoms with Crippen LogP contribution in [0.3, 0.4) is 0 Å². The van der Waals surface area contributed by atoms with Crippen molar-refractivity contribution in [3.05, 3.63) is 79.1 Å². The van der Waals surface area contributed by atoms with Crippen LogP contribution < -0.4 is 5.73 Å². The number of hydrogen-bond acceptors (Lipinski definition) is 4. The van der Waals surface area contributed by atoms with Crippen molar-refractivity contribution in [3.8, 4) is 22.4 Å². The second kappa shape index (κ2) is 8.21. The highest BCUT2D eigenvalue weighted by molar-refractivity contribution is 6.03. The van der Waals surface area contributed by atoms with Gasteiger partial charge in [0.05, 0.1) is 16.7 Å². The number of hydrogen-bond donors (Lipinski definition) is 1. The Bertz CT molecular complexity index is 1530. The molecule has 5 aromatic rings. The van der Waals surface area contributed by atoms with E-state index in [0.717, 1.165) is 44.6 Å². The van der Waals surface area contributed by atoms with Gasteiger partial charge in [-0.05, 0) is 62.0 Å². The van der Waals surface area contributed by atoms with Crippen LogP contribution in [0.1, 0.15) is 25.3 Å². The Balaban J connectivity index is 1.27. The van der Waals surface area contributed by atoms with Crippen LogP contribution in [0.4, 0.5) is 5.82 Å². The number of benzene rings is 2. The van der Waals surface area contributed by atoms with Crippen molar-refractivity contribution in [2.24, 2.45) is 5.92 Å². The third kappa shape index (κ3) is 3.58. The van der Waals surface area contributed by atoms with Crippen LogP contribution in [0.2, 0.25) is 0 Å². The van der Waals surface area contributed by atoms with Gasteiger partial charge in [-0.1, -0.05) is 48.5 Å². The van der Waals surface area contributed by atoms with Crippen molar-refractivity contribution < 1.29 is 0 Å². The third-order valence-corrected chi connectivity index (χ3v) is 7.92. The molecular formula is C30H29N5. The number of fused-ring (bicyclic) bond motifs is 2. The molecule has 0 spiro atoms. The highest BCUT2D eigenvalue weighted by Gasteiger charge is 2.34. The summed E-state index contributed by atoms with van der Waals surface area (Å²) in [6.45, 7) is 3.82. The summed E-state index contributed by atoms with van der Waals surface area (Å²) in [5, 5.41) is 2.19. The summed E-state index contributed by atoms with van der Waals surface area (Å²) in [5.41, 5.74) is 13.0. The molecule has 1 aliphatic carbocycles. The van der Waals surface area contributed by atoms with Crippen LogP contribution in [0.15, 0.2) is 79.1 Å². The van der Waals surface area contributed by atoms with Crippen molar-refractivity contribution in [1.82, 2.24) is 19.4 Å². The molecule has 1 aliphatic heterocycles. The number of nitrogens with two attached hydrogens (primary N) is 1. The maximum absolute atomic E-state index is 6.45. The fraction of sp³-hybridized carbons (Fsp3) is 0.267. The quantitative estimate of drug-likeness (QED) is 0.342. The number of aromatic nitrogens is 3. The van der Waals surface area contributed by atoms with Gasteiger partial charge in [-0.15, -0.1) is 0 Å². The molecule has 0 bridgehead atoms. The van der Waals surface area contributed by atoms with Crippen molar-refractivity contribution >= 4 is 27.6 Å². The summed E-state index contributed by atoms with van der Waals surface area (Å²) >= 11 is 0. The molecule has 35 heavy (non-hydrogen) atoms. The average molecular weight is 460 g/mol. The summed E-state index contributed by atoms with van der Waals surface area (Å²) in [4.78, 5) is 12.0. The van der Waals surface area contributed by atoms with E-state index in [0.29, 0.717) is 11.9 Å². The van der Waals surface area contributed by atoms with E-state index in [2.05, 4.69) is 81.3 Å². The summed E-state index contributed by atoms with van der Waals surface area (Å²) in [5.74, 6) is 1.40. The van der Waals surface area contributed by atoms with Gasteiger partial charge in [-0.2, -0.15) is 0 Å². The monoisotopic (exact) mass is 459 g/mol. The molecule has 7 rings (SSSR count). The SMILES string of the molecule is Nc1nccc2c1c(-c1ccc3ccc(-c4ccccc4)nc3c1)cn2C1CC(CN2CCC2)C1. The Morgan fingerprint density at radius 2 is 1.74 bits per heavy atom. The Morgan fingerprint density at radius 1 is 0.914 bits per heavy atom. The van der Waals surface area contributed by atoms with E-state index in [1.807, 2.05) is 12.3 Å². The predicted molar refractivity (Wildman–Crippen MR) is 143 cm³/mol. The van der Waals surface area contributed by atoms with Crippen LogP contribution in [0.5, 0.6) is 0 Å².